The van der Waals surface area contributed by atoms with Crippen LogP contribution in [0.5, 0.6) is 0 Å². The molecule has 3 atom stereocenters. The molecule has 5 heteroatoms. The highest BCUT2D eigenvalue weighted by molar-refractivity contribution is 6.48. The zero-order chi connectivity index (χ0) is 22.8. The highest BCUT2D eigenvalue weighted by Crippen LogP contribution is 2.41. The van der Waals surface area contributed by atoms with Crippen LogP contribution in [0.4, 0.5) is 0 Å². The molecule has 0 radical (unpaired) electrons. The Hall–Kier alpha value is -0.813. The van der Waals surface area contributed by atoms with Gasteiger partial charge in [0.25, 0.3) is 0 Å². The molecule has 1 aliphatic carbocycles. The van der Waals surface area contributed by atoms with Crippen molar-refractivity contribution in [1.82, 2.24) is 0 Å². The van der Waals surface area contributed by atoms with Gasteiger partial charge in [0.2, 0.25) is 9.04 Å². The monoisotopic (exact) mass is 440 g/mol. The molecular formula is C25H48O4Si. The molecule has 0 heterocycles. The molecule has 1 fully saturated rings. The minimum absolute atomic E-state index is 0.132. The fraction of sp³-hybridized carbons (Fsp3) is 0.880. The van der Waals surface area contributed by atoms with Crippen LogP contribution >= 0.6 is 0 Å². The van der Waals surface area contributed by atoms with E-state index in [1.54, 1.807) is 0 Å². The number of aliphatic hydroxyl groups is 1. The van der Waals surface area contributed by atoms with Crippen LogP contribution in [0.1, 0.15) is 105 Å². The molecule has 0 aliphatic heterocycles. The summed E-state index contributed by atoms with van der Waals surface area (Å²) >= 11 is 0. The summed E-state index contributed by atoms with van der Waals surface area (Å²) < 4.78 is 6.41. The van der Waals surface area contributed by atoms with Crippen molar-refractivity contribution in [1.29, 1.82) is 0 Å². The number of carboxylic acid groups (broad SMARTS) is 1. The number of allylic oxidation sites excluding steroid dienone is 2. The molecule has 0 aromatic rings. The minimum Gasteiger partial charge on any atom is -0.550 e. The van der Waals surface area contributed by atoms with E-state index in [0.29, 0.717) is 18.8 Å². The van der Waals surface area contributed by atoms with Crippen molar-refractivity contribution in [3.05, 3.63) is 11.8 Å². The van der Waals surface area contributed by atoms with Gasteiger partial charge in [0.05, 0.1) is 17.8 Å². The first kappa shape index (κ1) is 27.2. The number of hydrogen-bond acceptors (Lipinski definition) is 3. The fourth-order valence-corrected chi connectivity index (χ4v) is 5.49. The molecule has 176 valence electrons. The fourth-order valence-electron chi connectivity index (χ4n) is 4.68. The topological polar surface area (TPSA) is 66.8 Å². The van der Waals surface area contributed by atoms with Gasteiger partial charge in [-0.2, -0.15) is 0 Å². The summed E-state index contributed by atoms with van der Waals surface area (Å²) in [5, 5.41) is 20.1. The van der Waals surface area contributed by atoms with E-state index in [-0.39, 0.29) is 17.8 Å². The van der Waals surface area contributed by atoms with E-state index in [0.717, 1.165) is 25.0 Å². The van der Waals surface area contributed by atoms with Crippen molar-refractivity contribution in [3.63, 3.8) is 0 Å². The van der Waals surface area contributed by atoms with E-state index < -0.39 is 20.6 Å². The van der Waals surface area contributed by atoms with E-state index in [9.17, 15) is 15.0 Å². The molecule has 0 aromatic heterocycles. The molecule has 2 N–H and O–H groups in total. The molecule has 3 unspecified atom stereocenters. The number of hydrogen-bond donors (Lipinski definition) is 2. The summed E-state index contributed by atoms with van der Waals surface area (Å²) in [5.74, 6) is 0.679. The van der Waals surface area contributed by atoms with Crippen molar-refractivity contribution >= 4 is 15.0 Å². The standard InChI is InChI=1S/C25H48O4Si/c1-7-8-9-10-11-12-15-21(24(2,3)4)17-22(29-30(5)6)20-14-13-16-25(28,18-20)19-23(26)27/h17,20-21,28,30H,7-16,18-19H2,1-6H3,(H,26,27)/b22-17+. The highest BCUT2D eigenvalue weighted by Gasteiger charge is 2.38. The smallest absolute Gasteiger partial charge is 0.306 e. The second-order valence-corrected chi connectivity index (χ2v) is 13.2. The molecule has 0 amide bonds. The Morgan fingerprint density at radius 2 is 1.83 bits per heavy atom. The Balaban J connectivity index is 2.93. The van der Waals surface area contributed by atoms with Crippen molar-refractivity contribution < 1.29 is 19.4 Å². The third-order valence-corrected chi connectivity index (χ3v) is 7.17. The van der Waals surface area contributed by atoms with Gasteiger partial charge in [0.1, 0.15) is 0 Å². The Labute approximate surface area is 187 Å². The second kappa shape index (κ2) is 12.9. The molecule has 0 bridgehead atoms. The molecule has 1 aliphatic rings. The molecule has 0 saturated heterocycles. The van der Waals surface area contributed by atoms with E-state index >= 15 is 0 Å². The highest BCUT2D eigenvalue weighted by atomic mass is 28.3. The average Bonchev–Trinajstić information content (AvgIpc) is 2.60. The molecule has 30 heavy (non-hydrogen) atoms. The largest absolute Gasteiger partial charge is 0.550 e. The molecular weight excluding hydrogens is 392 g/mol. The lowest BCUT2D eigenvalue weighted by Gasteiger charge is -2.38. The van der Waals surface area contributed by atoms with Crippen LogP contribution in [-0.4, -0.2) is 30.8 Å². The van der Waals surface area contributed by atoms with Crippen molar-refractivity contribution in [3.8, 4) is 0 Å². The molecule has 1 rings (SSSR count). The van der Waals surface area contributed by atoms with Crippen LogP contribution in [-0.2, 0) is 9.22 Å². The number of carbonyl (C=O) groups is 1. The summed E-state index contributed by atoms with van der Waals surface area (Å²) in [6.07, 6.45) is 14.0. The third-order valence-electron chi connectivity index (χ3n) is 6.42. The van der Waals surface area contributed by atoms with E-state index in [1.807, 2.05) is 0 Å². The van der Waals surface area contributed by atoms with Gasteiger partial charge in [-0.05, 0) is 62.6 Å². The van der Waals surface area contributed by atoms with Gasteiger partial charge >= 0.3 is 5.97 Å². The van der Waals surface area contributed by atoms with Crippen LogP contribution in [0.25, 0.3) is 0 Å². The van der Waals surface area contributed by atoms with Gasteiger partial charge in [0.15, 0.2) is 0 Å². The molecule has 1 saturated carbocycles. The number of aliphatic carboxylic acids is 1. The lowest BCUT2D eigenvalue weighted by atomic mass is 9.73. The predicted molar refractivity (Wildman–Crippen MR) is 128 cm³/mol. The van der Waals surface area contributed by atoms with Crippen LogP contribution in [0.15, 0.2) is 11.8 Å². The normalized spacial score (nSPS) is 24.1. The molecule has 4 nitrogen and oxygen atoms in total. The van der Waals surface area contributed by atoms with Crippen molar-refractivity contribution in [2.24, 2.45) is 17.3 Å². The Bertz CT molecular complexity index is 538. The number of rotatable bonds is 13. The third kappa shape index (κ3) is 10.5. The zero-order valence-corrected chi connectivity index (χ0v) is 21.7. The van der Waals surface area contributed by atoms with Gasteiger partial charge < -0.3 is 14.6 Å². The first-order valence-corrected chi connectivity index (χ1v) is 15.1. The predicted octanol–water partition coefficient (Wildman–Crippen LogP) is 6.68. The van der Waals surface area contributed by atoms with Crippen LogP contribution in [0, 0.1) is 17.3 Å². The quantitative estimate of drug-likeness (QED) is 0.190. The molecule has 0 spiro atoms. The van der Waals surface area contributed by atoms with E-state index in [4.69, 9.17) is 4.43 Å². The summed E-state index contributed by atoms with van der Waals surface area (Å²) in [7, 11) is -1.30. The van der Waals surface area contributed by atoms with E-state index in [1.165, 1.54) is 38.5 Å². The Morgan fingerprint density at radius 1 is 1.20 bits per heavy atom. The maximum Gasteiger partial charge on any atom is 0.306 e. The molecule has 0 aromatic carbocycles. The van der Waals surface area contributed by atoms with Gasteiger partial charge in [-0.1, -0.05) is 66.2 Å². The first-order valence-electron chi connectivity index (χ1n) is 12.3. The maximum absolute atomic E-state index is 11.2. The number of carboxylic acids is 1. The minimum atomic E-state index is -1.30. The van der Waals surface area contributed by atoms with Crippen LogP contribution in [0.2, 0.25) is 13.1 Å². The summed E-state index contributed by atoms with van der Waals surface area (Å²) in [4.78, 5) is 11.2. The zero-order valence-electron chi connectivity index (χ0n) is 20.5. The van der Waals surface area contributed by atoms with Gasteiger partial charge in [0, 0.05) is 5.92 Å². The Morgan fingerprint density at radius 3 is 2.40 bits per heavy atom. The van der Waals surface area contributed by atoms with Gasteiger partial charge in [-0.25, -0.2) is 0 Å². The van der Waals surface area contributed by atoms with Crippen molar-refractivity contribution in [2.45, 2.75) is 123 Å². The van der Waals surface area contributed by atoms with Crippen LogP contribution < -0.4 is 0 Å². The van der Waals surface area contributed by atoms with Gasteiger partial charge in [-0.15, -0.1) is 0 Å². The first-order chi connectivity index (χ1) is 14.0. The summed E-state index contributed by atoms with van der Waals surface area (Å²) in [6, 6.07) is 0. The maximum atomic E-state index is 11.2. The second-order valence-electron chi connectivity index (χ2n) is 10.9. The van der Waals surface area contributed by atoms with E-state index in [2.05, 4.69) is 46.9 Å². The summed E-state index contributed by atoms with van der Waals surface area (Å²) in [6.45, 7) is 13.5. The van der Waals surface area contributed by atoms with Gasteiger partial charge in [-0.3, -0.25) is 4.79 Å². The van der Waals surface area contributed by atoms with Crippen molar-refractivity contribution in [2.75, 3.05) is 0 Å². The SMILES string of the molecule is CCCCCCCCC(/C=C(/O[SiH](C)C)C1CCCC(O)(CC(=O)O)C1)C(C)(C)C. The lowest BCUT2D eigenvalue weighted by molar-refractivity contribution is -0.144. The lowest BCUT2D eigenvalue weighted by Crippen LogP contribution is -2.38. The summed E-state index contributed by atoms with van der Waals surface area (Å²) in [5.41, 5.74) is -0.950. The Kier molecular flexibility index (Phi) is 11.7. The average molecular weight is 441 g/mol. The van der Waals surface area contributed by atoms with Crippen LogP contribution in [0.3, 0.4) is 0 Å². The number of unbranched alkanes of at least 4 members (excludes halogenated alkanes) is 5.